The molecule has 0 aliphatic carbocycles. The third-order valence-electron chi connectivity index (χ3n) is 3.62. The van der Waals surface area contributed by atoms with Gasteiger partial charge in [-0.3, -0.25) is 9.59 Å². The molecule has 0 atom stereocenters. The number of hydrogen-bond acceptors (Lipinski definition) is 5. The van der Waals surface area contributed by atoms with Crippen molar-refractivity contribution in [3.63, 3.8) is 0 Å². The van der Waals surface area contributed by atoms with Gasteiger partial charge in [0.25, 0.3) is 0 Å². The van der Waals surface area contributed by atoms with Crippen LogP contribution < -0.4 is 10.6 Å². The first-order chi connectivity index (χ1) is 12.2. The van der Waals surface area contributed by atoms with Gasteiger partial charge in [0.15, 0.2) is 5.78 Å². The highest BCUT2D eigenvalue weighted by Crippen LogP contribution is 2.18. The lowest BCUT2D eigenvalue weighted by molar-refractivity contribution is -0.114. The second-order valence-electron chi connectivity index (χ2n) is 5.85. The second kappa shape index (κ2) is 8.11. The maximum Gasteiger partial charge on any atom is 0.243 e. The maximum atomic E-state index is 12.1. The Morgan fingerprint density at radius 3 is 2.31 bits per heavy atom. The van der Waals surface area contributed by atoms with Gasteiger partial charge in [0.05, 0.1) is 11.4 Å². The Morgan fingerprint density at radius 1 is 1.00 bits per heavy atom. The number of amides is 1. The Bertz CT molecular complexity index is 924. The van der Waals surface area contributed by atoms with Gasteiger partial charge in [0.1, 0.15) is 0 Å². The van der Waals surface area contributed by atoms with Gasteiger partial charge in [-0.15, -0.1) is 0 Å². The van der Waals surface area contributed by atoms with Gasteiger partial charge in [0.2, 0.25) is 15.9 Å². The lowest BCUT2D eigenvalue weighted by Gasteiger charge is -2.13. The van der Waals surface area contributed by atoms with Crippen molar-refractivity contribution in [3.05, 3.63) is 54.1 Å². The van der Waals surface area contributed by atoms with Crippen LogP contribution in [0.5, 0.6) is 0 Å². The highest BCUT2D eigenvalue weighted by molar-refractivity contribution is 7.89. The SMILES string of the molecule is CC(=O)c1cccc(NC(=O)CNc2cccc(S(=O)(=O)N(C)C)c2)c1. The predicted molar refractivity (Wildman–Crippen MR) is 101 cm³/mol. The number of carbonyl (C=O) groups excluding carboxylic acids is 2. The Balaban J connectivity index is 2.02. The summed E-state index contributed by atoms with van der Waals surface area (Å²) in [5.74, 6) is -0.398. The van der Waals surface area contributed by atoms with Crippen LogP contribution in [0.1, 0.15) is 17.3 Å². The van der Waals surface area contributed by atoms with Crippen molar-refractivity contribution in [2.24, 2.45) is 0 Å². The fourth-order valence-corrected chi connectivity index (χ4v) is 3.13. The van der Waals surface area contributed by atoms with Gasteiger partial charge >= 0.3 is 0 Å². The number of hydrogen-bond donors (Lipinski definition) is 2. The molecule has 0 heterocycles. The quantitative estimate of drug-likeness (QED) is 0.723. The van der Waals surface area contributed by atoms with Crippen LogP contribution in [-0.4, -0.2) is 45.1 Å². The van der Waals surface area contributed by atoms with Gasteiger partial charge in [0, 0.05) is 31.0 Å². The summed E-state index contributed by atoms with van der Waals surface area (Å²) in [6.07, 6.45) is 0. The first-order valence-corrected chi connectivity index (χ1v) is 9.31. The van der Waals surface area contributed by atoms with Crippen molar-refractivity contribution in [3.8, 4) is 0 Å². The zero-order valence-corrected chi connectivity index (χ0v) is 15.6. The molecule has 0 radical (unpaired) electrons. The van der Waals surface area contributed by atoms with E-state index in [0.717, 1.165) is 4.31 Å². The van der Waals surface area contributed by atoms with E-state index in [1.54, 1.807) is 36.4 Å². The van der Waals surface area contributed by atoms with Crippen molar-refractivity contribution < 1.29 is 18.0 Å². The monoisotopic (exact) mass is 375 g/mol. The van der Waals surface area contributed by atoms with Crippen molar-refractivity contribution >= 4 is 33.1 Å². The molecule has 0 aromatic heterocycles. The predicted octanol–water partition coefficient (Wildman–Crippen LogP) is 2.19. The number of rotatable bonds is 7. The molecule has 26 heavy (non-hydrogen) atoms. The van der Waals surface area contributed by atoms with E-state index in [0.29, 0.717) is 16.9 Å². The maximum absolute atomic E-state index is 12.1. The highest BCUT2D eigenvalue weighted by atomic mass is 32.2. The van der Waals surface area contributed by atoms with E-state index in [1.807, 2.05) is 0 Å². The number of Topliss-reactive ketones (excluding diaryl/α,β-unsaturated/α-hetero) is 1. The van der Waals surface area contributed by atoms with Crippen LogP contribution in [0.2, 0.25) is 0 Å². The summed E-state index contributed by atoms with van der Waals surface area (Å²) in [7, 11) is -0.626. The molecular formula is C18H21N3O4S. The zero-order valence-electron chi connectivity index (χ0n) is 14.8. The fourth-order valence-electron chi connectivity index (χ4n) is 2.18. The number of carbonyl (C=O) groups is 2. The fraction of sp³-hybridized carbons (Fsp3) is 0.222. The van der Waals surface area contributed by atoms with E-state index in [2.05, 4.69) is 10.6 Å². The molecular weight excluding hydrogens is 354 g/mol. The minimum absolute atomic E-state index is 0.0459. The van der Waals surface area contributed by atoms with E-state index in [4.69, 9.17) is 0 Å². The van der Waals surface area contributed by atoms with Crippen LogP contribution in [0, 0.1) is 0 Å². The van der Waals surface area contributed by atoms with E-state index in [1.165, 1.54) is 33.2 Å². The molecule has 0 aliphatic rings. The van der Waals surface area contributed by atoms with Crippen LogP contribution in [0.3, 0.4) is 0 Å². The smallest absolute Gasteiger partial charge is 0.243 e. The molecule has 0 saturated heterocycles. The summed E-state index contributed by atoms with van der Waals surface area (Å²) < 4.78 is 25.4. The number of benzene rings is 2. The summed E-state index contributed by atoms with van der Waals surface area (Å²) >= 11 is 0. The lowest BCUT2D eigenvalue weighted by atomic mass is 10.1. The normalized spacial score (nSPS) is 11.2. The molecule has 7 nitrogen and oxygen atoms in total. The molecule has 2 aromatic carbocycles. The van der Waals surface area contributed by atoms with Crippen molar-refractivity contribution in [2.45, 2.75) is 11.8 Å². The molecule has 2 rings (SSSR count). The third-order valence-corrected chi connectivity index (χ3v) is 5.43. The van der Waals surface area contributed by atoms with Crippen LogP contribution >= 0.6 is 0 Å². The zero-order chi connectivity index (χ0) is 19.3. The first-order valence-electron chi connectivity index (χ1n) is 7.87. The second-order valence-corrected chi connectivity index (χ2v) is 8.01. The summed E-state index contributed by atoms with van der Waals surface area (Å²) in [5, 5.41) is 5.58. The van der Waals surface area contributed by atoms with Gasteiger partial charge in [-0.05, 0) is 37.3 Å². The first kappa shape index (κ1) is 19.6. The van der Waals surface area contributed by atoms with E-state index < -0.39 is 10.0 Å². The minimum Gasteiger partial charge on any atom is -0.376 e. The molecule has 0 saturated carbocycles. The molecule has 138 valence electrons. The van der Waals surface area contributed by atoms with Gasteiger partial charge < -0.3 is 10.6 Å². The third kappa shape index (κ3) is 4.90. The van der Waals surface area contributed by atoms with Crippen molar-refractivity contribution in [2.75, 3.05) is 31.3 Å². The Labute approximate surface area is 153 Å². The highest BCUT2D eigenvalue weighted by Gasteiger charge is 2.17. The van der Waals surface area contributed by atoms with Crippen molar-refractivity contribution in [1.29, 1.82) is 0 Å². The van der Waals surface area contributed by atoms with E-state index in [9.17, 15) is 18.0 Å². The van der Waals surface area contributed by atoms with Gasteiger partial charge in [-0.1, -0.05) is 18.2 Å². The Hall–Kier alpha value is -2.71. The molecule has 0 bridgehead atoms. The molecule has 0 aliphatic heterocycles. The van der Waals surface area contributed by atoms with Crippen LogP contribution in [0.25, 0.3) is 0 Å². The van der Waals surface area contributed by atoms with Crippen molar-refractivity contribution in [1.82, 2.24) is 4.31 Å². The Morgan fingerprint density at radius 2 is 1.65 bits per heavy atom. The number of nitrogens with one attached hydrogen (secondary N) is 2. The molecule has 0 fully saturated rings. The average molecular weight is 375 g/mol. The molecule has 1 amide bonds. The topological polar surface area (TPSA) is 95.6 Å². The minimum atomic E-state index is -3.54. The van der Waals surface area contributed by atoms with Gasteiger partial charge in [-0.25, -0.2) is 12.7 Å². The molecule has 2 aromatic rings. The summed E-state index contributed by atoms with van der Waals surface area (Å²) in [5.41, 5.74) is 1.55. The van der Waals surface area contributed by atoms with E-state index >= 15 is 0 Å². The van der Waals surface area contributed by atoms with Crippen LogP contribution in [0.4, 0.5) is 11.4 Å². The number of anilines is 2. The molecule has 0 unspecified atom stereocenters. The number of sulfonamides is 1. The number of nitrogens with zero attached hydrogens (tertiary/aromatic N) is 1. The molecule has 8 heteroatoms. The number of ketones is 1. The lowest BCUT2D eigenvalue weighted by Crippen LogP contribution is -2.23. The molecule has 0 spiro atoms. The molecule has 2 N–H and O–H groups in total. The van der Waals surface area contributed by atoms with E-state index in [-0.39, 0.29) is 23.1 Å². The largest absolute Gasteiger partial charge is 0.376 e. The van der Waals surface area contributed by atoms with Gasteiger partial charge in [-0.2, -0.15) is 0 Å². The standard InChI is InChI=1S/C18H21N3O4S/c1-13(22)14-6-4-8-16(10-14)20-18(23)12-19-15-7-5-9-17(11-15)26(24,25)21(2)3/h4-11,19H,12H2,1-3H3,(H,20,23). The van der Waals surface area contributed by atoms with Crippen LogP contribution in [0.15, 0.2) is 53.4 Å². The Kier molecular flexibility index (Phi) is 6.12. The van der Waals surface area contributed by atoms with Crippen LogP contribution in [-0.2, 0) is 14.8 Å². The average Bonchev–Trinajstić information content (AvgIpc) is 2.60. The summed E-state index contributed by atoms with van der Waals surface area (Å²) in [6, 6.07) is 12.9. The summed E-state index contributed by atoms with van der Waals surface area (Å²) in [6.45, 7) is 1.41. The summed E-state index contributed by atoms with van der Waals surface area (Å²) in [4.78, 5) is 23.6.